The van der Waals surface area contributed by atoms with E-state index in [4.69, 9.17) is 0 Å². The molecule has 1 aliphatic rings. The predicted molar refractivity (Wildman–Crippen MR) is 84.2 cm³/mol. The molecule has 1 N–H and O–H groups in total. The zero-order valence-electron chi connectivity index (χ0n) is 12.0. The highest BCUT2D eigenvalue weighted by molar-refractivity contribution is 5.79. The van der Waals surface area contributed by atoms with E-state index < -0.39 is 4.92 Å². The topological polar surface area (TPSA) is 72.2 Å². The molecule has 0 spiro atoms. The monoisotopic (exact) mass is 296 g/mol. The van der Waals surface area contributed by atoms with Crippen LogP contribution < -0.4 is 5.32 Å². The minimum atomic E-state index is -0.454. The summed E-state index contributed by atoms with van der Waals surface area (Å²) in [4.78, 5) is 21.6. The smallest absolute Gasteiger partial charge is 0.293 e. The van der Waals surface area contributed by atoms with Crippen LogP contribution in [-0.4, -0.2) is 11.2 Å². The molecule has 0 aliphatic heterocycles. The van der Waals surface area contributed by atoms with E-state index >= 15 is 0 Å². The molecule has 0 radical (unpaired) electrons. The molecule has 5 nitrogen and oxygen atoms in total. The van der Waals surface area contributed by atoms with Gasteiger partial charge in [0, 0.05) is 11.6 Å². The van der Waals surface area contributed by atoms with Crippen LogP contribution in [0, 0.1) is 10.1 Å². The second-order valence-corrected chi connectivity index (χ2v) is 5.44. The third-order valence-electron chi connectivity index (χ3n) is 4.05. The summed E-state index contributed by atoms with van der Waals surface area (Å²) in [6.45, 7) is 0. The Morgan fingerprint density at radius 3 is 2.82 bits per heavy atom. The summed E-state index contributed by atoms with van der Waals surface area (Å²) in [7, 11) is 0. The first kappa shape index (κ1) is 14.3. The highest BCUT2D eigenvalue weighted by Gasteiger charge is 2.23. The fraction of sp³-hybridized carbons (Fsp3) is 0.235. The first-order chi connectivity index (χ1) is 10.7. The van der Waals surface area contributed by atoms with Crippen molar-refractivity contribution in [3.63, 3.8) is 0 Å². The van der Waals surface area contributed by atoms with Gasteiger partial charge in [-0.1, -0.05) is 24.3 Å². The molecule has 3 rings (SSSR count). The highest BCUT2D eigenvalue weighted by Crippen LogP contribution is 2.35. The van der Waals surface area contributed by atoms with Crippen LogP contribution in [0.25, 0.3) is 0 Å². The molecule has 0 heterocycles. The third kappa shape index (κ3) is 2.70. The number of carbonyl (C=O) groups is 1. The molecule has 1 atom stereocenters. The van der Waals surface area contributed by atoms with Crippen LogP contribution in [0.15, 0.2) is 42.5 Å². The van der Waals surface area contributed by atoms with Crippen molar-refractivity contribution in [2.45, 2.75) is 25.3 Å². The van der Waals surface area contributed by atoms with Crippen molar-refractivity contribution in [2.24, 2.45) is 0 Å². The Bertz CT molecular complexity index is 728. The summed E-state index contributed by atoms with van der Waals surface area (Å²) < 4.78 is 0. The van der Waals surface area contributed by atoms with Crippen molar-refractivity contribution in [2.75, 3.05) is 5.32 Å². The molecule has 5 heteroatoms. The van der Waals surface area contributed by atoms with E-state index in [1.54, 1.807) is 12.1 Å². The van der Waals surface area contributed by atoms with Crippen molar-refractivity contribution in [3.8, 4) is 0 Å². The van der Waals surface area contributed by atoms with Crippen LogP contribution in [0.4, 0.5) is 11.4 Å². The van der Waals surface area contributed by atoms with E-state index in [-0.39, 0.29) is 11.7 Å². The Morgan fingerprint density at radius 1 is 1.23 bits per heavy atom. The molecule has 0 fully saturated rings. The van der Waals surface area contributed by atoms with Gasteiger partial charge in [0.2, 0.25) is 0 Å². The average molecular weight is 296 g/mol. The predicted octanol–water partition coefficient (Wildman–Crippen LogP) is 3.90. The summed E-state index contributed by atoms with van der Waals surface area (Å²) in [6.07, 6.45) is 3.64. The molecule has 112 valence electrons. The van der Waals surface area contributed by atoms with Crippen LogP contribution in [0.1, 0.15) is 40.4 Å². The summed E-state index contributed by atoms with van der Waals surface area (Å²) >= 11 is 0. The molecule has 0 aromatic heterocycles. The standard InChI is InChI=1S/C17H16N2O3/c20-11-12-8-9-16(17(10-12)19(21)22)18-15-7-3-5-13-4-1-2-6-14(13)15/h1-2,4,6,8-11,15,18H,3,5,7H2/t15-/m1/s1. The van der Waals surface area contributed by atoms with E-state index in [2.05, 4.69) is 17.4 Å². The van der Waals surface area contributed by atoms with E-state index in [1.807, 2.05) is 12.1 Å². The Kier molecular flexibility index (Phi) is 3.87. The lowest BCUT2D eigenvalue weighted by Crippen LogP contribution is -2.17. The summed E-state index contributed by atoms with van der Waals surface area (Å²) in [5, 5.41) is 14.5. The summed E-state index contributed by atoms with van der Waals surface area (Å²) in [6, 6.07) is 12.8. The summed E-state index contributed by atoms with van der Waals surface area (Å²) in [5.41, 5.74) is 3.19. The third-order valence-corrected chi connectivity index (χ3v) is 4.05. The van der Waals surface area contributed by atoms with E-state index in [9.17, 15) is 14.9 Å². The van der Waals surface area contributed by atoms with Gasteiger partial charge in [0.15, 0.2) is 0 Å². The number of carbonyl (C=O) groups excluding carboxylic acids is 1. The molecule has 0 bridgehead atoms. The lowest BCUT2D eigenvalue weighted by Gasteiger charge is -2.27. The highest BCUT2D eigenvalue weighted by atomic mass is 16.6. The zero-order chi connectivity index (χ0) is 15.5. The second-order valence-electron chi connectivity index (χ2n) is 5.44. The van der Waals surface area contributed by atoms with Gasteiger partial charge in [-0.05, 0) is 42.5 Å². The Hall–Kier alpha value is -2.69. The van der Waals surface area contributed by atoms with Crippen LogP contribution in [0.5, 0.6) is 0 Å². The van der Waals surface area contributed by atoms with Crippen LogP contribution in [-0.2, 0) is 6.42 Å². The normalized spacial score (nSPS) is 16.6. The van der Waals surface area contributed by atoms with Gasteiger partial charge in [-0.2, -0.15) is 0 Å². The van der Waals surface area contributed by atoms with Crippen LogP contribution in [0.2, 0.25) is 0 Å². The maximum Gasteiger partial charge on any atom is 0.293 e. The molecule has 0 unspecified atom stereocenters. The number of nitro benzene ring substituents is 1. The van der Waals surface area contributed by atoms with Gasteiger partial charge in [-0.25, -0.2) is 0 Å². The number of aryl methyl sites for hydroxylation is 1. The number of hydrogen-bond acceptors (Lipinski definition) is 4. The minimum absolute atomic E-state index is 0.0609. The van der Waals surface area contributed by atoms with Crippen molar-refractivity contribution >= 4 is 17.7 Å². The van der Waals surface area contributed by atoms with Crippen molar-refractivity contribution in [1.29, 1.82) is 0 Å². The van der Waals surface area contributed by atoms with Gasteiger partial charge in [0.25, 0.3) is 5.69 Å². The van der Waals surface area contributed by atoms with Crippen molar-refractivity contribution in [3.05, 3.63) is 69.3 Å². The number of aldehydes is 1. The molecule has 0 saturated heterocycles. The molecule has 0 amide bonds. The zero-order valence-corrected chi connectivity index (χ0v) is 12.0. The minimum Gasteiger partial charge on any atom is -0.373 e. The number of nitro groups is 1. The first-order valence-corrected chi connectivity index (χ1v) is 7.27. The maximum atomic E-state index is 11.2. The molecular weight excluding hydrogens is 280 g/mol. The number of hydrogen-bond donors (Lipinski definition) is 1. The number of nitrogens with zero attached hydrogens (tertiary/aromatic N) is 1. The van der Waals surface area contributed by atoms with Gasteiger partial charge >= 0.3 is 0 Å². The van der Waals surface area contributed by atoms with Gasteiger partial charge < -0.3 is 5.32 Å². The van der Waals surface area contributed by atoms with Crippen molar-refractivity contribution in [1.82, 2.24) is 0 Å². The molecule has 0 saturated carbocycles. The lowest BCUT2D eigenvalue weighted by molar-refractivity contribution is -0.384. The van der Waals surface area contributed by atoms with E-state index in [0.29, 0.717) is 17.5 Å². The largest absolute Gasteiger partial charge is 0.373 e. The molecule has 22 heavy (non-hydrogen) atoms. The number of rotatable bonds is 4. The molecule has 1 aliphatic carbocycles. The molecule has 2 aromatic carbocycles. The number of anilines is 1. The fourth-order valence-corrected chi connectivity index (χ4v) is 2.99. The molecular formula is C17H16N2O3. The SMILES string of the molecule is O=Cc1ccc(N[C@@H]2CCCc3ccccc32)c([N+](=O)[O-])c1. The van der Waals surface area contributed by atoms with E-state index in [0.717, 1.165) is 19.3 Å². The van der Waals surface area contributed by atoms with Gasteiger partial charge in [0.05, 0.1) is 11.0 Å². The summed E-state index contributed by atoms with van der Waals surface area (Å²) in [5.74, 6) is 0. The average Bonchev–Trinajstić information content (AvgIpc) is 2.55. The van der Waals surface area contributed by atoms with Crippen LogP contribution in [0.3, 0.4) is 0 Å². The Labute approximate surface area is 128 Å². The Balaban J connectivity index is 1.94. The van der Waals surface area contributed by atoms with Gasteiger partial charge in [0.1, 0.15) is 12.0 Å². The lowest BCUT2D eigenvalue weighted by atomic mass is 9.87. The number of fused-ring (bicyclic) bond motifs is 1. The van der Waals surface area contributed by atoms with Gasteiger partial charge in [-0.15, -0.1) is 0 Å². The number of nitrogens with one attached hydrogen (secondary N) is 1. The first-order valence-electron chi connectivity index (χ1n) is 7.27. The molecule has 2 aromatic rings. The second kappa shape index (κ2) is 5.97. The maximum absolute atomic E-state index is 11.2. The van der Waals surface area contributed by atoms with Crippen LogP contribution >= 0.6 is 0 Å². The Morgan fingerprint density at radius 2 is 2.05 bits per heavy atom. The van der Waals surface area contributed by atoms with E-state index in [1.165, 1.54) is 17.2 Å². The quantitative estimate of drug-likeness (QED) is 0.527. The number of benzene rings is 2. The van der Waals surface area contributed by atoms with Crippen molar-refractivity contribution < 1.29 is 9.72 Å². The fourth-order valence-electron chi connectivity index (χ4n) is 2.99. The van der Waals surface area contributed by atoms with Gasteiger partial charge in [-0.3, -0.25) is 14.9 Å².